The zero-order valence-corrected chi connectivity index (χ0v) is 27.2. The predicted molar refractivity (Wildman–Crippen MR) is 170 cm³/mol. The van der Waals surface area contributed by atoms with Crippen LogP contribution in [0.3, 0.4) is 0 Å². The Labute approximate surface area is 281 Å². The Balaban J connectivity index is 0.00000520. The van der Waals surface area contributed by atoms with Crippen molar-refractivity contribution in [2.45, 2.75) is 50.7 Å². The molecular formula is C34H34ClF4N5O4. The molecule has 2 heterocycles. The number of amides is 4. The van der Waals surface area contributed by atoms with Crippen LogP contribution in [0.25, 0.3) is 11.1 Å². The zero-order chi connectivity index (χ0) is 34.1. The number of nitrogens with zero attached hydrogens (tertiary/aromatic N) is 4. The van der Waals surface area contributed by atoms with Gasteiger partial charge in [-0.1, -0.05) is 42.5 Å². The summed E-state index contributed by atoms with van der Waals surface area (Å²) in [5.74, 6) is -2.28. The summed E-state index contributed by atoms with van der Waals surface area (Å²) in [5.41, 5.74) is 0.472. The van der Waals surface area contributed by atoms with Crippen molar-refractivity contribution in [3.8, 4) is 22.9 Å². The normalized spacial score (nSPS) is 19.2. The number of likely N-dealkylation sites (tertiary alicyclic amines) is 1. The van der Waals surface area contributed by atoms with Crippen LogP contribution in [0.1, 0.15) is 42.9 Å². The van der Waals surface area contributed by atoms with Crippen molar-refractivity contribution < 1.29 is 36.7 Å². The van der Waals surface area contributed by atoms with Crippen LogP contribution in [0, 0.1) is 17.1 Å². The Morgan fingerprint density at radius 1 is 1.08 bits per heavy atom. The van der Waals surface area contributed by atoms with Gasteiger partial charge in [-0.25, -0.2) is 9.18 Å². The predicted octanol–water partition coefficient (Wildman–Crippen LogP) is 5.83. The highest BCUT2D eigenvalue weighted by Gasteiger charge is 2.50. The first kappa shape index (κ1) is 36.2. The lowest BCUT2D eigenvalue weighted by molar-refractivity contribution is -0.274. The largest absolute Gasteiger partial charge is 0.573 e. The van der Waals surface area contributed by atoms with E-state index in [1.165, 1.54) is 36.2 Å². The molecule has 0 aliphatic carbocycles. The van der Waals surface area contributed by atoms with Crippen LogP contribution in [0.15, 0.2) is 66.7 Å². The van der Waals surface area contributed by atoms with Gasteiger partial charge in [0, 0.05) is 49.8 Å². The number of rotatable bonds is 8. The summed E-state index contributed by atoms with van der Waals surface area (Å²) in [5, 5.41) is 12.4. The number of carbonyl (C=O) groups is 3. The summed E-state index contributed by atoms with van der Waals surface area (Å²) < 4.78 is 59.1. The maximum Gasteiger partial charge on any atom is 0.573 e. The Hall–Kier alpha value is -4.67. The van der Waals surface area contributed by atoms with Crippen LogP contribution < -0.4 is 10.1 Å². The number of imide groups is 1. The molecule has 0 saturated carbocycles. The van der Waals surface area contributed by atoms with E-state index in [1.54, 1.807) is 18.7 Å². The second-order valence-electron chi connectivity index (χ2n) is 12.1. The van der Waals surface area contributed by atoms with E-state index in [-0.39, 0.29) is 60.7 Å². The molecule has 0 radical (unpaired) electrons. The topological polar surface area (TPSA) is 106 Å². The summed E-state index contributed by atoms with van der Waals surface area (Å²) in [6.07, 6.45) is -4.55. The lowest BCUT2D eigenvalue weighted by Gasteiger charge is -2.40. The van der Waals surface area contributed by atoms with E-state index in [4.69, 9.17) is 5.26 Å². The molecule has 2 fully saturated rings. The van der Waals surface area contributed by atoms with Crippen molar-refractivity contribution in [2.75, 3.05) is 26.7 Å². The molecule has 254 valence electrons. The Bertz CT molecular complexity index is 1730. The van der Waals surface area contributed by atoms with Gasteiger partial charge in [0.25, 0.3) is 5.91 Å². The summed E-state index contributed by atoms with van der Waals surface area (Å²) in [4.78, 5) is 42.8. The number of urea groups is 1. The van der Waals surface area contributed by atoms with Gasteiger partial charge in [-0.05, 0) is 55.7 Å². The molecule has 0 aromatic heterocycles. The van der Waals surface area contributed by atoms with Crippen LogP contribution in [0.2, 0.25) is 0 Å². The molecule has 0 unspecified atom stereocenters. The monoisotopic (exact) mass is 687 g/mol. The van der Waals surface area contributed by atoms with Gasteiger partial charge in [0.1, 0.15) is 23.7 Å². The first-order valence-corrected chi connectivity index (χ1v) is 14.9. The molecule has 9 nitrogen and oxygen atoms in total. The van der Waals surface area contributed by atoms with Crippen molar-refractivity contribution in [1.29, 1.82) is 5.26 Å². The number of alkyl halides is 3. The van der Waals surface area contributed by atoms with Gasteiger partial charge in [-0.3, -0.25) is 14.5 Å². The third-order valence-corrected chi connectivity index (χ3v) is 8.86. The third-order valence-electron chi connectivity index (χ3n) is 8.86. The van der Waals surface area contributed by atoms with E-state index in [2.05, 4.69) is 10.1 Å². The van der Waals surface area contributed by atoms with Crippen LogP contribution in [-0.4, -0.2) is 77.2 Å². The first-order chi connectivity index (χ1) is 22.2. The number of halogens is 5. The van der Waals surface area contributed by atoms with Gasteiger partial charge in [-0.2, -0.15) is 5.26 Å². The van der Waals surface area contributed by atoms with E-state index in [0.29, 0.717) is 12.0 Å². The van der Waals surface area contributed by atoms with E-state index >= 15 is 0 Å². The van der Waals surface area contributed by atoms with E-state index in [9.17, 15) is 31.9 Å². The Morgan fingerprint density at radius 3 is 2.40 bits per heavy atom. The number of nitrogens with one attached hydrogen (secondary N) is 1. The number of piperidine rings is 1. The van der Waals surface area contributed by atoms with Gasteiger partial charge >= 0.3 is 12.4 Å². The highest BCUT2D eigenvalue weighted by Crippen LogP contribution is 2.34. The van der Waals surface area contributed by atoms with Crippen molar-refractivity contribution in [3.63, 3.8) is 0 Å². The number of carbonyl (C=O) groups excluding carboxylic acids is 3. The summed E-state index contributed by atoms with van der Waals surface area (Å²) in [6.45, 7) is 3.26. The molecule has 0 spiro atoms. The lowest BCUT2D eigenvalue weighted by atomic mass is 9.85. The number of benzene rings is 3. The highest BCUT2D eigenvalue weighted by atomic mass is 35.5. The molecule has 2 atom stereocenters. The van der Waals surface area contributed by atoms with Crippen molar-refractivity contribution in [1.82, 2.24) is 20.0 Å². The smallest absolute Gasteiger partial charge is 0.405 e. The third kappa shape index (κ3) is 7.55. The minimum atomic E-state index is -4.96. The molecular weight excluding hydrogens is 654 g/mol. The quantitative estimate of drug-likeness (QED) is 0.236. The fraction of sp³-hybridized carbons (Fsp3) is 0.353. The highest BCUT2D eigenvalue weighted by molar-refractivity contribution is 6.08. The number of hydrogen-bond donors (Lipinski definition) is 1. The van der Waals surface area contributed by atoms with Crippen LogP contribution in [0.5, 0.6) is 5.75 Å². The van der Waals surface area contributed by atoms with Crippen LogP contribution in [0.4, 0.5) is 22.4 Å². The minimum absolute atomic E-state index is 0. The molecule has 3 aromatic carbocycles. The Morgan fingerprint density at radius 2 is 1.79 bits per heavy atom. The molecule has 4 amide bonds. The maximum atomic E-state index is 14.8. The molecule has 5 rings (SSSR count). The molecule has 2 aliphatic heterocycles. The van der Waals surface area contributed by atoms with E-state index < -0.39 is 47.9 Å². The average Bonchev–Trinajstić information content (AvgIpc) is 3.18. The number of hydrogen-bond acceptors (Lipinski definition) is 6. The van der Waals surface area contributed by atoms with Crippen molar-refractivity contribution in [2.24, 2.45) is 0 Å². The van der Waals surface area contributed by atoms with Gasteiger partial charge in [0.2, 0.25) is 5.91 Å². The fourth-order valence-electron chi connectivity index (χ4n) is 5.99. The second-order valence-corrected chi connectivity index (χ2v) is 12.1. The van der Waals surface area contributed by atoms with Gasteiger partial charge in [0.05, 0.1) is 11.6 Å². The molecule has 2 aliphatic rings. The SMILES string of the molecule is CN1C(=O)N(CC(=O)N2CC[C@H](NCc3cc(-c4ccc(C#N)cc4F)ccc3OC(F)(F)F)[C@H](c3ccccc3)C2)C(=O)C1(C)C.Cl. The standard InChI is InChI=1S/C34H33F4N5O4.ClH/c1-33(2)31(45)43(32(46)41(33)3)20-30(44)42-14-13-28(26(19-42)22-7-5-4-6-8-22)40-18-24-16-23(10-12-29(24)47-34(36,37)38)25-11-9-21(17-39)15-27(25)35;/h4-12,15-16,26,28,40H,13-14,18-20H2,1-3H3;1H/t26-,28-;/m0./s1. The lowest BCUT2D eigenvalue weighted by Crippen LogP contribution is -2.52. The summed E-state index contributed by atoms with van der Waals surface area (Å²) >= 11 is 0. The first-order valence-electron chi connectivity index (χ1n) is 14.9. The fourth-order valence-corrected chi connectivity index (χ4v) is 5.99. The number of ether oxygens (including phenoxy) is 1. The van der Waals surface area contributed by atoms with E-state index in [1.807, 2.05) is 36.4 Å². The zero-order valence-electron chi connectivity index (χ0n) is 26.4. The van der Waals surface area contributed by atoms with Gasteiger partial charge in [0.15, 0.2) is 0 Å². The Kier molecular flexibility index (Phi) is 10.7. The number of likely N-dealkylation sites (N-methyl/N-ethyl adjacent to an activating group) is 1. The van der Waals surface area contributed by atoms with Crippen molar-refractivity contribution in [3.05, 3.63) is 89.2 Å². The van der Waals surface area contributed by atoms with Crippen LogP contribution >= 0.6 is 12.4 Å². The van der Waals surface area contributed by atoms with Crippen molar-refractivity contribution >= 4 is 30.3 Å². The molecule has 14 heteroatoms. The van der Waals surface area contributed by atoms with E-state index in [0.717, 1.165) is 22.6 Å². The van der Waals surface area contributed by atoms with Crippen LogP contribution in [-0.2, 0) is 16.1 Å². The average molecular weight is 688 g/mol. The molecule has 0 bridgehead atoms. The molecule has 48 heavy (non-hydrogen) atoms. The van der Waals surface area contributed by atoms with Gasteiger partial charge in [-0.15, -0.1) is 25.6 Å². The molecule has 1 N–H and O–H groups in total. The minimum Gasteiger partial charge on any atom is -0.405 e. The summed E-state index contributed by atoms with van der Waals surface area (Å²) in [6, 6.07) is 18.1. The molecule has 3 aromatic rings. The second kappa shape index (κ2) is 14.2. The number of nitriles is 1. The molecule has 2 saturated heterocycles. The maximum absolute atomic E-state index is 14.8. The van der Waals surface area contributed by atoms with Gasteiger partial charge < -0.3 is 19.9 Å². The summed E-state index contributed by atoms with van der Waals surface area (Å²) in [7, 11) is 1.51.